The zero-order valence-corrected chi connectivity index (χ0v) is 16.6. The Kier molecular flexibility index (Phi) is 5.93. The summed E-state index contributed by atoms with van der Waals surface area (Å²) in [4.78, 5) is 37.4. The molecule has 1 N–H and O–H groups in total. The molecule has 6 heteroatoms. The first-order valence-electron chi connectivity index (χ1n) is 9.16. The molecular formula is C23H22N2O4. The molecule has 3 rings (SSSR count). The van der Waals surface area contributed by atoms with Crippen molar-refractivity contribution < 1.29 is 18.8 Å². The Bertz CT molecular complexity index is 1030. The van der Waals surface area contributed by atoms with Crippen LogP contribution in [0, 0.1) is 6.92 Å². The number of amides is 2. The number of anilines is 1. The van der Waals surface area contributed by atoms with Gasteiger partial charge in [0.2, 0.25) is 5.91 Å². The first kappa shape index (κ1) is 20.1. The first-order chi connectivity index (χ1) is 13.8. The van der Waals surface area contributed by atoms with Crippen molar-refractivity contribution in [2.45, 2.75) is 13.8 Å². The zero-order valence-electron chi connectivity index (χ0n) is 16.6. The lowest BCUT2D eigenvalue weighted by Gasteiger charge is -2.15. The quantitative estimate of drug-likeness (QED) is 0.641. The average Bonchev–Trinajstić information content (AvgIpc) is 3.19. The summed E-state index contributed by atoms with van der Waals surface area (Å²) < 4.78 is 5.66. The van der Waals surface area contributed by atoms with Crippen molar-refractivity contribution in [1.82, 2.24) is 4.90 Å². The number of nitrogens with zero attached hydrogens (tertiary/aromatic N) is 1. The molecule has 0 unspecified atom stereocenters. The number of hydrogen-bond acceptors (Lipinski definition) is 4. The van der Waals surface area contributed by atoms with Crippen molar-refractivity contribution in [3.63, 3.8) is 0 Å². The largest absolute Gasteiger partial charge is 0.451 e. The van der Waals surface area contributed by atoms with Gasteiger partial charge in [-0.15, -0.1) is 0 Å². The second-order valence-corrected chi connectivity index (χ2v) is 6.87. The minimum absolute atomic E-state index is 0.0163. The van der Waals surface area contributed by atoms with Crippen LogP contribution in [-0.2, 0) is 4.79 Å². The molecule has 1 aromatic heterocycles. The van der Waals surface area contributed by atoms with Gasteiger partial charge in [-0.1, -0.05) is 42.0 Å². The highest BCUT2D eigenvalue weighted by Crippen LogP contribution is 2.23. The normalized spacial score (nSPS) is 10.4. The third kappa shape index (κ3) is 4.99. The lowest BCUT2D eigenvalue weighted by atomic mass is 10.1. The minimum atomic E-state index is -0.393. The van der Waals surface area contributed by atoms with Crippen molar-refractivity contribution in [2.75, 3.05) is 18.9 Å². The number of carbonyl (C=O) groups is 3. The molecule has 0 fully saturated rings. The lowest BCUT2D eigenvalue weighted by Crippen LogP contribution is -2.34. The lowest BCUT2D eigenvalue weighted by molar-refractivity contribution is -0.116. The SMILES string of the molecule is CC(=O)c1ccc(-c2ccc(C(=O)N(C)CC(=O)Nc3ccc(C)cc3)o2)cc1. The first-order valence-corrected chi connectivity index (χ1v) is 9.16. The van der Waals surface area contributed by atoms with Crippen molar-refractivity contribution in [3.05, 3.63) is 77.6 Å². The maximum absolute atomic E-state index is 12.6. The van der Waals surface area contributed by atoms with Gasteiger partial charge >= 0.3 is 0 Å². The molecule has 148 valence electrons. The van der Waals surface area contributed by atoms with E-state index in [1.807, 2.05) is 31.2 Å². The number of nitrogens with one attached hydrogen (secondary N) is 1. The Labute approximate surface area is 169 Å². The van der Waals surface area contributed by atoms with Gasteiger partial charge in [0.1, 0.15) is 5.76 Å². The maximum Gasteiger partial charge on any atom is 0.289 e. The molecule has 3 aromatic rings. The molecule has 1 heterocycles. The number of likely N-dealkylation sites (N-methyl/N-ethyl adjacent to an activating group) is 1. The molecule has 0 aliphatic carbocycles. The van der Waals surface area contributed by atoms with E-state index in [9.17, 15) is 14.4 Å². The molecule has 2 amide bonds. The van der Waals surface area contributed by atoms with Crippen molar-refractivity contribution in [3.8, 4) is 11.3 Å². The van der Waals surface area contributed by atoms with E-state index in [4.69, 9.17) is 4.42 Å². The third-order valence-electron chi connectivity index (χ3n) is 4.46. The standard InChI is InChI=1S/C23H22N2O4/c1-15-4-10-19(11-5-15)24-22(27)14-25(3)23(28)21-13-12-20(29-21)18-8-6-17(7-9-18)16(2)26/h4-13H,14H2,1-3H3,(H,24,27). The fraction of sp³-hybridized carbons (Fsp3) is 0.174. The summed E-state index contributed by atoms with van der Waals surface area (Å²) in [6.07, 6.45) is 0. The van der Waals surface area contributed by atoms with Gasteiger partial charge in [0, 0.05) is 23.9 Å². The molecule has 0 saturated heterocycles. The van der Waals surface area contributed by atoms with Crippen LogP contribution in [0.15, 0.2) is 65.1 Å². The minimum Gasteiger partial charge on any atom is -0.451 e. The van der Waals surface area contributed by atoms with Crippen LogP contribution in [0.1, 0.15) is 33.4 Å². The number of benzene rings is 2. The number of ketones is 1. The summed E-state index contributed by atoms with van der Waals surface area (Å²) in [5.74, 6) is -0.0494. The number of rotatable bonds is 6. The van der Waals surface area contributed by atoms with Crippen LogP contribution in [-0.4, -0.2) is 36.1 Å². The predicted molar refractivity (Wildman–Crippen MR) is 111 cm³/mol. The monoisotopic (exact) mass is 390 g/mol. The Balaban J connectivity index is 1.63. The highest BCUT2D eigenvalue weighted by atomic mass is 16.4. The Hall–Kier alpha value is -3.67. The maximum atomic E-state index is 12.6. The van der Waals surface area contributed by atoms with E-state index in [0.29, 0.717) is 17.0 Å². The van der Waals surface area contributed by atoms with Gasteiger partial charge in [0.15, 0.2) is 11.5 Å². The van der Waals surface area contributed by atoms with Crippen LogP contribution >= 0.6 is 0 Å². The second kappa shape index (κ2) is 8.56. The smallest absolute Gasteiger partial charge is 0.289 e. The van der Waals surface area contributed by atoms with Gasteiger partial charge in [-0.2, -0.15) is 0 Å². The van der Waals surface area contributed by atoms with Gasteiger partial charge in [0.25, 0.3) is 5.91 Å². The van der Waals surface area contributed by atoms with Crippen LogP contribution in [0.2, 0.25) is 0 Å². The predicted octanol–water partition coefficient (Wildman–Crippen LogP) is 4.17. The summed E-state index contributed by atoms with van der Waals surface area (Å²) in [6.45, 7) is 3.37. The Morgan fingerprint density at radius 1 is 0.931 bits per heavy atom. The van der Waals surface area contributed by atoms with Gasteiger partial charge in [-0.05, 0) is 38.1 Å². The van der Waals surface area contributed by atoms with Gasteiger partial charge in [0.05, 0.1) is 6.54 Å². The third-order valence-corrected chi connectivity index (χ3v) is 4.46. The average molecular weight is 390 g/mol. The molecule has 0 radical (unpaired) electrons. The molecule has 0 aliphatic heterocycles. The highest BCUT2D eigenvalue weighted by Gasteiger charge is 2.19. The van der Waals surface area contributed by atoms with Crippen LogP contribution in [0.4, 0.5) is 5.69 Å². The van der Waals surface area contributed by atoms with E-state index in [1.165, 1.54) is 11.8 Å². The van der Waals surface area contributed by atoms with Crippen molar-refractivity contribution in [1.29, 1.82) is 0 Å². The number of aryl methyl sites for hydroxylation is 1. The zero-order chi connectivity index (χ0) is 21.0. The van der Waals surface area contributed by atoms with E-state index in [2.05, 4.69) is 5.32 Å². The van der Waals surface area contributed by atoms with Crippen molar-refractivity contribution in [2.24, 2.45) is 0 Å². The fourth-order valence-corrected chi connectivity index (χ4v) is 2.79. The summed E-state index contributed by atoms with van der Waals surface area (Å²) in [6, 6.07) is 17.6. The van der Waals surface area contributed by atoms with Gasteiger partial charge < -0.3 is 14.6 Å². The van der Waals surface area contributed by atoms with E-state index >= 15 is 0 Å². The van der Waals surface area contributed by atoms with Crippen LogP contribution < -0.4 is 5.32 Å². The molecule has 6 nitrogen and oxygen atoms in total. The summed E-state index contributed by atoms with van der Waals surface area (Å²) in [7, 11) is 1.54. The summed E-state index contributed by atoms with van der Waals surface area (Å²) >= 11 is 0. The molecule has 29 heavy (non-hydrogen) atoms. The van der Waals surface area contributed by atoms with E-state index in [-0.39, 0.29) is 24.0 Å². The fourth-order valence-electron chi connectivity index (χ4n) is 2.79. The van der Waals surface area contributed by atoms with E-state index in [1.54, 1.807) is 43.4 Å². The number of furan rings is 1. The van der Waals surface area contributed by atoms with E-state index < -0.39 is 5.91 Å². The molecule has 0 atom stereocenters. The summed E-state index contributed by atoms with van der Waals surface area (Å²) in [5, 5.41) is 2.76. The Morgan fingerprint density at radius 2 is 1.59 bits per heavy atom. The second-order valence-electron chi connectivity index (χ2n) is 6.87. The molecule has 2 aromatic carbocycles. The summed E-state index contributed by atoms with van der Waals surface area (Å²) in [5.41, 5.74) is 3.14. The number of Topliss-reactive ketones (excluding diaryl/α,β-unsaturated/α-hetero) is 1. The van der Waals surface area contributed by atoms with Crippen molar-refractivity contribution >= 4 is 23.3 Å². The molecule has 0 saturated carbocycles. The van der Waals surface area contributed by atoms with Crippen LogP contribution in [0.25, 0.3) is 11.3 Å². The van der Waals surface area contributed by atoms with Crippen LogP contribution in [0.3, 0.4) is 0 Å². The number of hydrogen-bond donors (Lipinski definition) is 1. The van der Waals surface area contributed by atoms with Gasteiger partial charge in [-0.25, -0.2) is 0 Å². The molecule has 0 bridgehead atoms. The number of carbonyl (C=O) groups excluding carboxylic acids is 3. The van der Waals surface area contributed by atoms with Crippen LogP contribution in [0.5, 0.6) is 0 Å². The molecule has 0 aliphatic rings. The molecule has 0 spiro atoms. The Morgan fingerprint density at radius 3 is 2.21 bits per heavy atom. The highest BCUT2D eigenvalue weighted by molar-refractivity contribution is 5.98. The topological polar surface area (TPSA) is 79.6 Å². The van der Waals surface area contributed by atoms with Gasteiger partial charge in [-0.3, -0.25) is 14.4 Å². The van der Waals surface area contributed by atoms with E-state index in [0.717, 1.165) is 11.1 Å². The molecular weight excluding hydrogens is 368 g/mol.